The van der Waals surface area contributed by atoms with Crippen LogP contribution in [0.5, 0.6) is 0 Å². The van der Waals surface area contributed by atoms with Crippen molar-refractivity contribution in [2.45, 2.75) is 46.3 Å². The standard InChI is InChI=1S/C28H31N5O3/c1-17-7-6-8-21(13-17)25(16-30-27(35)36-28(3,4)5)31-26(34)24-15-20(11-12-29-24)19-9-10-23-22(14-19)18(2)32-33-23/h6-15,25H,16H2,1-5H3,(H,30,35)(H,31,34)(H,32,33). The van der Waals surface area contributed by atoms with Crippen LogP contribution in [0.4, 0.5) is 4.79 Å². The molecule has 2 heterocycles. The van der Waals surface area contributed by atoms with Gasteiger partial charge in [-0.05, 0) is 75.6 Å². The second kappa shape index (κ2) is 10.2. The number of aromatic nitrogens is 3. The first-order valence-corrected chi connectivity index (χ1v) is 11.8. The summed E-state index contributed by atoms with van der Waals surface area (Å²) < 4.78 is 5.35. The average molecular weight is 486 g/mol. The summed E-state index contributed by atoms with van der Waals surface area (Å²) in [7, 11) is 0. The molecule has 2 amide bonds. The number of pyridine rings is 1. The minimum absolute atomic E-state index is 0.167. The summed E-state index contributed by atoms with van der Waals surface area (Å²) in [6.07, 6.45) is 1.08. The van der Waals surface area contributed by atoms with E-state index < -0.39 is 17.7 Å². The minimum atomic E-state index is -0.617. The van der Waals surface area contributed by atoms with E-state index in [4.69, 9.17) is 4.74 Å². The van der Waals surface area contributed by atoms with E-state index in [9.17, 15) is 9.59 Å². The van der Waals surface area contributed by atoms with Crippen molar-refractivity contribution in [3.8, 4) is 11.1 Å². The lowest BCUT2D eigenvalue weighted by Gasteiger charge is -2.23. The predicted octanol–water partition coefficient (Wildman–Crippen LogP) is 5.24. The van der Waals surface area contributed by atoms with Gasteiger partial charge in [0.2, 0.25) is 0 Å². The molecule has 186 valence electrons. The third kappa shape index (κ3) is 6.07. The van der Waals surface area contributed by atoms with E-state index in [0.29, 0.717) is 0 Å². The van der Waals surface area contributed by atoms with E-state index in [0.717, 1.165) is 38.9 Å². The first-order valence-electron chi connectivity index (χ1n) is 11.8. The molecule has 2 aromatic carbocycles. The molecule has 0 aliphatic heterocycles. The highest BCUT2D eigenvalue weighted by molar-refractivity contribution is 5.94. The Bertz CT molecular complexity index is 1400. The summed E-state index contributed by atoms with van der Waals surface area (Å²) >= 11 is 0. The van der Waals surface area contributed by atoms with Gasteiger partial charge in [0.1, 0.15) is 11.3 Å². The van der Waals surface area contributed by atoms with Crippen LogP contribution in [0.3, 0.4) is 0 Å². The van der Waals surface area contributed by atoms with E-state index in [-0.39, 0.29) is 18.1 Å². The Morgan fingerprint density at radius 2 is 1.81 bits per heavy atom. The van der Waals surface area contributed by atoms with E-state index >= 15 is 0 Å². The van der Waals surface area contributed by atoms with Gasteiger partial charge in [-0.25, -0.2) is 4.79 Å². The minimum Gasteiger partial charge on any atom is -0.444 e. The number of carbonyl (C=O) groups is 2. The Hall–Kier alpha value is -4.20. The number of nitrogens with zero attached hydrogens (tertiary/aromatic N) is 2. The van der Waals surface area contributed by atoms with Crippen LogP contribution in [0.15, 0.2) is 60.8 Å². The molecule has 8 heteroatoms. The number of aromatic amines is 1. The van der Waals surface area contributed by atoms with Crippen molar-refractivity contribution >= 4 is 22.9 Å². The second-order valence-electron chi connectivity index (χ2n) is 9.83. The number of hydrogen-bond acceptors (Lipinski definition) is 5. The van der Waals surface area contributed by atoms with Crippen molar-refractivity contribution in [2.24, 2.45) is 0 Å². The molecule has 8 nitrogen and oxygen atoms in total. The fourth-order valence-corrected chi connectivity index (χ4v) is 3.92. The molecule has 4 rings (SSSR count). The number of aryl methyl sites for hydroxylation is 2. The number of ether oxygens (including phenoxy) is 1. The molecule has 3 N–H and O–H groups in total. The van der Waals surface area contributed by atoms with Gasteiger partial charge < -0.3 is 15.4 Å². The van der Waals surface area contributed by atoms with Gasteiger partial charge in [-0.3, -0.25) is 14.9 Å². The van der Waals surface area contributed by atoms with Crippen LogP contribution < -0.4 is 10.6 Å². The molecule has 0 aliphatic rings. The SMILES string of the molecule is Cc1cccc(C(CNC(=O)OC(C)(C)C)NC(=O)c2cc(-c3ccc4n[nH]c(C)c4c3)ccn2)c1. The Labute approximate surface area is 210 Å². The van der Waals surface area contributed by atoms with Crippen molar-refractivity contribution in [2.75, 3.05) is 6.54 Å². The first kappa shape index (κ1) is 24.9. The highest BCUT2D eigenvalue weighted by atomic mass is 16.6. The zero-order valence-electron chi connectivity index (χ0n) is 21.2. The van der Waals surface area contributed by atoms with Crippen LogP contribution in [0, 0.1) is 13.8 Å². The lowest BCUT2D eigenvalue weighted by atomic mass is 10.0. The Morgan fingerprint density at radius 3 is 2.56 bits per heavy atom. The summed E-state index contributed by atoms with van der Waals surface area (Å²) in [5, 5.41) is 14.1. The normalized spacial score (nSPS) is 12.2. The van der Waals surface area contributed by atoms with E-state index in [1.165, 1.54) is 0 Å². The van der Waals surface area contributed by atoms with Crippen LogP contribution in [0.25, 0.3) is 22.0 Å². The van der Waals surface area contributed by atoms with Crippen LogP contribution in [-0.2, 0) is 4.74 Å². The largest absolute Gasteiger partial charge is 0.444 e. The zero-order chi connectivity index (χ0) is 25.9. The molecule has 0 bridgehead atoms. The average Bonchev–Trinajstić information content (AvgIpc) is 3.20. The molecule has 4 aromatic rings. The van der Waals surface area contributed by atoms with Gasteiger partial charge >= 0.3 is 6.09 Å². The molecule has 0 radical (unpaired) electrons. The van der Waals surface area contributed by atoms with E-state index in [2.05, 4.69) is 25.8 Å². The van der Waals surface area contributed by atoms with Crippen molar-refractivity contribution < 1.29 is 14.3 Å². The third-order valence-electron chi connectivity index (χ3n) is 5.67. The molecule has 0 saturated carbocycles. The van der Waals surface area contributed by atoms with Crippen molar-refractivity contribution in [1.29, 1.82) is 0 Å². The number of alkyl carbamates (subject to hydrolysis) is 1. The van der Waals surface area contributed by atoms with Gasteiger partial charge in [0.25, 0.3) is 5.91 Å². The summed E-state index contributed by atoms with van der Waals surface area (Å²) in [5.41, 5.74) is 5.30. The summed E-state index contributed by atoms with van der Waals surface area (Å²) in [6, 6.07) is 16.9. The molecule has 36 heavy (non-hydrogen) atoms. The molecular weight excluding hydrogens is 454 g/mol. The zero-order valence-corrected chi connectivity index (χ0v) is 21.2. The monoisotopic (exact) mass is 485 g/mol. The fraction of sp³-hybridized carbons (Fsp3) is 0.286. The van der Waals surface area contributed by atoms with Crippen LogP contribution in [0.2, 0.25) is 0 Å². The smallest absolute Gasteiger partial charge is 0.407 e. The number of hydrogen-bond donors (Lipinski definition) is 3. The number of benzene rings is 2. The van der Waals surface area contributed by atoms with Crippen molar-refractivity contribution in [1.82, 2.24) is 25.8 Å². The maximum absolute atomic E-state index is 13.3. The molecule has 2 aromatic heterocycles. The number of fused-ring (bicyclic) bond motifs is 1. The molecule has 0 aliphatic carbocycles. The van der Waals surface area contributed by atoms with Gasteiger partial charge in [0.05, 0.1) is 11.6 Å². The lowest BCUT2D eigenvalue weighted by molar-refractivity contribution is 0.0519. The van der Waals surface area contributed by atoms with Crippen molar-refractivity contribution in [3.05, 3.63) is 83.3 Å². The lowest BCUT2D eigenvalue weighted by Crippen LogP contribution is -2.40. The van der Waals surface area contributed by atoms with Crippen LogP contribution in [0.1, 0.15) is 54.1 Å². The summed E-state index contributed by atoms with van der Waals surface area (Å²) in [6.45, 7) is 9.53. The Kier molecular flexibility index (Phi) is 7.05. The maximum atomic E-state index is 13.3. The quantitative estimate of drug-likeness (QED) is 0.346. The first-order chi connectivity index (χ1) is 17.1. The number of rotatable bonds is 6. The topological polar surface area (TPSA) is 109 Å². The molecule has 0 saturated heterocycles. The second-order valence-corrected chi connectivity index (χ2v) is 9.83. The molecule has 0 spiro atoms. The van der Waals surface area contributed by atoms with Gasteiger partial charge in [0.15, 0.2) is 0 Å². The van der Waals surface area contributed by atoms with Gasteiger partial charge in [-0.1, -0.05) is 35.9 Å². The summed E-state index contributed by atoms with van der Waals surface area (Å²) in [5.74, 6) is -0.338. The van der Waals surface area contributed by atoms with Gasteiger partial charge in [0, 0.05) is 23.8 Å². The highest BCUT2D eigenvalue weighted by Gasteiger charge is 2.21. The number of nitrogens with one attached hydrogen (secondary N) is 3. The maximum Gasteiger partial charge on any atom is 0.407 e. The van der Waals surface area contributed by atoms with Crippen LogP contribution >= 0.6 is 0 Å². The Morgan fingerprint density at radius 1 is 1.03 bits per heavy atom. The highest BCUT2D eigenvalue weighted by Crippen LogP contribution is 2.25. The van der Waals surface area contributed by atoms with E-state index in [1.807, 2.05) is 62.4 Å². The third-order valence-corrected chi connectivity index (χ3v) is 5.67. The predicted molar refractivity (Wildman–Crippen MR) is 140 cm³/mol. The number of carbonyl (C=O) groups excluding carboxylic acids is 2. The van der Waals surface area contributed by atoms with E-state index in [1.54, 1.807) is 33.0 Å². The Balaban J connectivity index is 1.55. The van der Waals surface area contributed by atoms with Gasteiger partial charge in [-0.2, -0.15) is 5.10 Å². The molecule has 0 fully saturated rings. The summed E-state index contributed by atoms with van der Waals surface area (Å²) in [4.78, 5) is 29.8. The number of amides is 2. The fourth-order valence-electron chi connectivity index (χ4n) is 3.92. The molecular formula is C28H31N5O3. The number of H-pyrrole nitrogens is 1. The van der Waals surface area contributed by atoms with Gasteiger partial charge in [-0.15, -0.1) is 0 Å². The van der Waals surface area contributed by atoms with Crippen LogP contribution in [-0.4, -0.2) is 39.3 Å². The molecule has 1 atom stereocenters. The molecule has 1 unspecified atom stereocenters. The van der Waals surface area contributed by atoms with Crippen molar-refractivity contribution in [3.63, 3.8) is 0 Å².